The third-order valence-corrected chi connectivity index (χ3v) is 6.24. The smallest absolute Gasteiger partial charge is 0.273 e. The molecular weight excluding hydrogens is 374 g/mol. The van der Waals surface area contributed by atoms with Crippen LogP contribution < -0.4 is 4.74 Å². The van der Waals surface area contributed by atoms with Gasteiger partial charge in [-0.25, -0.2) is 4.98 Å². The molecule has 4 rings (SSSR count). The third kappa shape index (κ3) is 3.82. The van der Waals surface area contributed by atoms with E-state index in [1.807, 2.05) is 53.5 Å². The highest BCUT2D eigenvalue weighted by Gasteiger charge is 2.42. The van der Waals surface area contributed by atoms with E-state index in [4.69, 9.17) is 4.74 Å². The standard InChI is InChI=1S/C21H25N3O3S/c1-23(2)13-19-22-16(14-28-19)20(26)24-10-5-8-21(9-11-24)12-17(25)15-6-3-4-7-18(15)27-21/h3-4,6-7,14H,5,8-13H2,1-2H3. The molecule has 0 saturated carbocycles. The summed E-state index contributed by atoms with van der Waals surface area (Å²) in [5, 5.41) is 2.79. The molecule has 28 heavy (non-hydrogen) atoms. The monoisotopic (exact) mass is 399 g/mol. The average Bonchev–Trinajstić information content (AvgIpc) is 3.02. The summed E-state index contributed by atoms with van der Waals surface area (Å²) in [5.41, 5.74) is 0.684. The van der Waals surface area contributed by atoms with Crippen LogP contribution in [0.5, 0.6) is 5.75 Å². The molecule has 1 fully saturated rings. The first-order chi connectivity index (χ1) is 13.5. The lowest BCUT2D eigenvalue weighted by molar-refractivity contribution is 0.0300. The van der Waals surface area contributed by atoms with Gasteiger partial charge in [-0.1, -0.05) is 12.1 Å². The number of hydrogen-bond acceptors (Lipinski definition) is 6. The summed E-state index contributed by atoms with van der Waals surface area (Å²) in [7, 11) is 3.97. The summed E-state index contributed by atoms with van der Waals surface area (Å²) in [4.78, 5) is 34.0. The highest BCUT2D eigenvalue weighted by molar-refractivity contribution is 7.09. The molecule has 3 heterocycles. The molecule has 1 aromatic heterocycles. The third-order valence-electron chi connectivity index (χ3n) is 5.40. The molecule has 0 radical (unpaired) electrons. The summed E-state index contributed by atoms with van der Waals surface area (Å²) >= 11 is 1.52. The Morgan fingerprint density at radius 2 is 2.11 bits per heavy atom. The fourth-order valence-electron chi connectivity index (χ4n) is 4.01. The predicted molar refractivity (Wildman–Crippen MR) is 108 cm³/mol. The first kappa shape index (κ1) is 19.1. The van der Waals surface area contributed by atoms with Crippen molar-refractivity contribution in [1.82, 2.24) is 14.8 Å². The van der Waals surface area contributed by atoms with Crippen LogP contribution >= 0.6 is 11.3 Å². The second-order valence-electron chi connectivity index (χ2n) is 7.89. The Hall–Kier alpha value is -2.25. The molecule has 1 unspecified atom stereocenters. The first-order valence-electron chi connectivity index (χ1n) is 9.65. The van der Waals surface area contributed by atoms with Crippen LogP contribution in [0.15, 0.2) is 29.6 Å². The Bertz CT molecular complexity index is 895. The van der Waals surface area contributed by atoms with E-state index in [9.17, 15) is 9.59 Å². The molecular formula is C21H25N3O3S. The van der Waals surface area contributed by atoms with Gasteiger partial charge < -0.3 is 14.5 Å². The molecule has 0 bridgehead atoms. The van der Waals surface area contributed by atoms with Gasteiger partial charge in [0.1, 0.15) is 22.1 Å². The van der Waals surface area contributed by atoms with Crippen molar-refractivity contribution in [3.05, 3.63) is 45.9 Å². The lowest BCUT2D eigenvalue weighted by Crippen LogP contribution is -2.43. The van der Waals surface area contributed by atoms with Crippen LogP contribution in [0.4, 0.5) is 0 Å². The Kier molecular flexibility index (Phi) is 5.21. The second kappa shape index (κ2) is 7.64. The van der Waals surface area contributed by atoms with Crippen molar-refractivity contribution >= 4 is 23.0 Å². The number of amides is 1. The molecule has 1 saturated heterocycles. The molecule has 0 aliphatic carbocycles. The molecule has 7 heteroatoms. The number of ether oxygens (including phenoxy) is 1. The summed E-state index contributed by atoms with van der Waals surface area (Å²) in [6, 6.07) is 7.45. The minimum Gasteiger partial charge on any atom is -0.486 e. The van der Waals surface area contributed by atoms with Crippen molar-refractivity contribution in [2.24, 2.45) is 0 Å². The average molecular weight is 400 g/mol. The van der Waals surface area contributed by atoms with Gasteiger partial charge in [-0.05, 0) is 39.1 Å². The highest BCUT2D eigenvalue weighted by Crippen LogP contribution is 2.39. The van der Waals surface area contributed by atoms with Crippen molar-refractivity contribution < 1.29 is 14.3 Å². The topological polar surface area (TPSA) is 62.7 Å². The van der Waals surface area contributed by atoms with Crippen LogP contribution in [-0.4, -0.2) is 59.3 Å². The molecule has 0 N–H and O–H groups in total. The van der Waals surface area contributed by atoms with Crippen LogP contribution in [0.2, 0.25) is 0 Å². The summed E-state index contributed by atoms with van der Waals surface area (Å²) < 4.78 is 6.31. The fraction of sp³-hybridized carbons (Fsp3) is 0.476. The number of ketones is 1. The van der Waals surface area contributed by atoms with E-state index in [1.54, 1.807) is 0 Å². The van der Waals surface area contributed by atoms with Crippen LogP contribution in [0.25, 0.3) is 0 Å². The number of para-hydroxylation sites is 1. The molecule has 1 aromatic carbocycles. The minimum atomic E-state index is -0.501. The van der Waals surface area contributed by atoms with E-state index >= 15 is 0 Å². The molecule has 1 amide bonds. The van der Waals surface area contributed by atoms with Gasteiger partial charge in [-0.3, -0.25) is 9.59 Å². The van der Waals surface area contributed by atoms with Gasteiger partial charge in [0.15, 0.2) is 5.78 Å². The number of Topliss-reactive ketones (excluding diaryl/α,β-unsaturated/α-hetero) is 1. The van der Waals surface area contributed by atoms with Crippen LogP contribution in [0.3, 0.4) is 0 Å². The zero-order valence-corrected chi connectivity index (χ0v) is 17.1. The fourth-order valence-corrected chi connectivity index (χ4v) is 4.89. The van der Waals surface area contributed by atoms with Gasteiger partial charge in [0, 0.05) is 31.4 Å². The Morgan fingerprint density at radius 1 is 1.29 bits per heavy atom. The summed E-state index contributed by atoms with van der Waals surface area (Å²) in [6.07, 6.45) is 2.64. The van der Waals surface area contributed by atoms with E-state index in [1.165, 1.54) is 11.3 Å². The van der Waals surface area contributed by atoms with E-state index in [-0.39, 0.29) is 11.7 Å². The lowest BCUT2D eigenvalue weighted by Gasteiger charge is -2.37. The van der Waals surface area contributed by atoms with Crippen molar-refractivity contribution in [3.63, 3.8) is 0 Å². The molecule has 1 spiro atoms. The van der Waals surface area contributed by atoms with E-state index < -0.39 is 5.60 Å². The van der Waals surface area contributed by atoms with E-state index in [0.29, 0.717) is 42.9 Å². The molecule has 2 aromatic rings. The van der Waals surface area contributed by atoms with Crippen LogP contribution in [0, 0.1) is 0 Å². The number of fused-ring (bicyclic) bond motifs is 1. The maximum Gasteiger partial charge on any atom is 0.273 e. The zero-order chi connectivity index (χ0) is 19.7. The normalized spacial score (nSPS) is 22.1. The summed E-state index contributed by atoms with van der Waals surface area (Å²) in [5.74, 6) is 0.779. The Morgan fingerprint density at radius 3 is 2.93 bits per heavy atom. The minimum absolute atomic E-state index is 0.0270. The van der Waals surface area contributed by atoms with Gasteiger partial charge >= 0.3 is 0 Å². The lowest BCUT2D eigenvalue weighted by atomic mass is 9.84. The number of nitrogens with zero attached hydrogens (tertiary/aromatic N) is 3. The summed E-state index contributed by atoms with van der Waals surface area (Å²) in [6.45, 7) is 1.98. The maximum atomic E-state index is 12.9. The number of carbonyl (C=O) groups is 2. The Labute approximate surface area is 169 Å². The maximum absolute atomic E-state index is 12.9. The number of rotatable bonds is 3. The van der Waals surface area contributed by atoms with Gasteiger partial charge in [0.05, 0.1) is 12.0 Å². The number of benzene rings is 1. The van der Waals surface area contributed by atoms with Crippen molar-refractivity contribution in [1.29, 1.82) is 0 Å². The van der Waals surface area contributed by atoms with Crippen LogP contribution in [-0.2, 0) is 6.54 Å². The van der Waals surface area contributed by atoms with Crippen molar-refractivity contribution in [2.45, 2.75) is 37.8 Å². The first-order valence-corrected chi connectivity index (χ1v) is 10.5. The molecule has 148 valence electrons. The number of aromatic nitrogens is 1. The van der Waals surface area contributed by atoms with Gasteiger partial charge in [0.25, 0.3) is 5.91 Å². The largest absolute Gasteiger partial charge is 0.486 e. The molecule has 1 atom stereocenters. The number of carbonyl (C=O) groups excluding carboxylic acids is 2. The SMILES string of the molecule is CN(C)Cc1nc(C(=O)N2CCCC3(CC2)CC(=O)c2ccccc2O3)cs1. The number of hydrogen-bond donors (Lipinski definition) is 0. The Balaban J connectivity index is 1.46. The van der Waals surface area contributed by atoms with Crippen molar-refractivity contribution in [2.75, 3.05) is 27.2 Å². The molecule has 6 nitrogen and oxygen atoms in total. The van der Waals surface area contributed by atoms with Gasteiger partial charge in [-0.15, -0.1) is 11.3 Å². The van der Waals surface area contributed by atoms with E-state index in [0.717, 1.165) is 24.4 Å². The second-order valence-corrected chi connectivity index (χ2v) is 8.83. The predicted octanol–water partition coefficient (Wildman–Crippen LogP) is 3.24. The van der Waals surface area contributed by atoms with E-state index in [2.05, 4.69) is 4.98 Å². The molecule has 2 aliphatic heterocycles. The van der Waals surface area contributed by atoms with Crippen LogP contribution in [0.1, 0.15) is 51.5 Å². The molecule has 2 aliphatic rings. The van der Waals surface area contributed by atoms with Gasteiger partial charge in [-0.2, -0.15) is 0 Å². The highest BCUT2D eigenvalue weighted by atomic mass is 32.1. The van der Waals surface area contributed by atoms with Crippen molar-refractivity contribution in [3.8, 4) is 5.75 Å². The van der Waals surface area contributed by atoms with Gasteiger partial charge in [0.2, 0.25) is 0 Å². The quantitative estimate of drug-likeness (QED) is 0.793. The zero-order valence-electron chi connectivity index (χ0n) is 16.3. The number of thiazole rings is 1. The number of likely N-dealkylation sites (tertiary alicyclic amines) is 1.